The number of aliphatic carboxylic acids is 1. The fourth-order valence-electron chi connectivity index (χ4n) is 4.60. The number of carbonyl (C=O) groups is 1. The van der Waals surface area contributed by atoms with Crippen LogP contribution in [0.1, 0.15) is 56.9 Å². The van der Waals surface area contributed by atoms with E-state index in [4.69, 9.17) is 9.84 Å². The van der Waals surface area contributed by atoms with Crippen molar-refractivity contribution in [2.75, 3.05) is 6.26 Å². The van der Waals surface area contributed by atoms with Gasteiger partial charge in [-0.05, 0) is 68.1 Å². The third-order valence-electron chi connectivity index (χ3n) is 6.02. The van der Waals surface area contributed by atoms with Crippen LogP contribution in [0.5, 0.6) is 0 Å². The lowest BCUT2D eigenvalue weighted by atomic mass is 9.80. The van der Waals surface area contributed by atoms with E-state index in [0.29, 0.717) is 18.2 Å². The summed E-state index contributed by atoms with van der Waals surface area (Å²) in [6.45, 7) is 0.200. The summed E-state index contributed by atoms with van der Waals surface area (Å²) in [5.74, 6) is -0.763. The van der Waals surface area contributed by atoms with Crippen molar-refractivity contribution >= 4 is 16.3 Å². The van der Waals surface area contributed by atoms with E-state index >= 15 is 0 Å². The molecular formula is C19H27F3O3S. The minimum atomic E-state index is -6.25. The molecule has 0 aliphatic heterocycles. The molecule has 0 heterocycles. The van der Waals surface area contributed by atoms with Gasteiger partial charge in [0.2, 0.25) is 0 Å². The number of ether oxygens (including phenoxy) is 1. The lowest BCUT2D eigenvalue weighted by Crippen LogP contribution is -2.26. The van der Waals surface area contributed by atoms with Gasteiger partial charge in [-0.15, -0.1) is 0 Å². The summed E-state index contributed by atoms with van der Waals surface area (Å²) in [6.07, 6.45) is 6.96. The van der Waals surface area contributed by atoms with Crippen LogP contribution in [0.15, 0.2) is 29.2 Å². The average Bonchev–Trinajstić information content (AvgIpc) is 3.08. The Morgan fingerprint density at radius 2 is 1.92 bits per heavy atom. The number of carboxylic acid groups (broad SMARTS) is 1. The highest BCUT2D eigenvalue weighted by molar-refractivity contribution is 8.37. The van der Waals surface area contributed by atoms with Crippen LogP contribution in [0, 0.1) is 5.41 Å². The van der Waals surface area contributed by atoms with Gasteiger partial charge in [0.05, 0.1) is 22.5 Å². The smallest absolute Gasteiger partial charge is 0.303 e. The van der Waals surface area contributed by atoms with E-state index in [0.717, 1.165) is 44.6 Å². The summed E-state index contributed by atoms with van der Waals surface area (Å²) in [4.78, 5) is 10.2. The van der Waals surface area contributed by atoms with Gasteiger partial charge in [-0.2, -0.15) is 11.7 Å². The van der Waals surface area contributed by atoms with Crippen LogP contribution < -0.4 is 0 Å². The van der Waals surface area contributed by atoms with Crippen LogP contribution >= 0.6 is 10.3 Å². The average molecular weight is 392 g/mol. The van der Waals surface area contributed by atoms with Crippen molar-refractivity contribution in [1.29, 1.82) is 0 Å². The van der Waals surface area contributed by atoms with Gasteiger partial charge in [0.15, 0.2) is 0 Å². The Morgan fingerprint density at radius 1 is 1.23 bits per heavy atom. The van der Waals surface area contributed by atoms with Gasteiger partial charge in [-0.1, -0.05) is 12.1 Å². The van der Waals surface area contributed by atoms with E-state index in [2.05, 4.69) is 0 Å². The highest BCUT2D eigenvalue weighted by Crippen LogP contribution is 2.77. The van der Waals surface area contributed by atoms with Crippen LogP contribution in [0.2, 0.25) is 0 Å². The molecule has 2 aliphatic rings. The molecule has 26 heavy (non-hydrogen) atoms. The molecule has 0 saturated heterocycles. The predicted octanol–water partition coefficient (Wildman–Crippen LogP) is 5.88. The Morgan fingerprint density at radius 3 is 2.54 bits per heavy atom. The Kier molecular flexibility index (Phi) is 4.84. The Balaban J connectivity index is 1.60. The van der Waals surface area contributed by atoms with E-state index in [9.17, 15) is 16.5 Å². The Bertz CT molecular complexity index is 682. The van der Waals surface area contributed by atoms with Gasteiger partial charge >= 0.3 is 5.97 Å². The van der Waals surface area contributed by atoms with E-state index in [-0.39, 0.29) is 24.0 Å². The second-order valence-corrected chi connectivity index (χ2v) is 11.1. The first-order valence-corrected chi connectivity index (χ1v) is 11.5. The molecule has 1 aromatic carbocycles. The number of hydrogen-bond acceptors (Lipinski definition) is 2. The Labute approximate surface area is 153 Å². The van der Waals surface area contributed by atoms with Crippen molar-refractivity contribution in [1.82, 2.24) is 0 Å². The number of carboxylic acids is 1. The van der Waals surface area contributed by atoms with Gasteiger partial charge in [0.25, 0.3) is 0 Å². The van der Waals surface area contributed by atoms with Crippen LogP contribution in [-0.4, -0.2) is 22.9 Å². The molecule has 1 aromatic rings. The van der Waals surface area contributed by atoms with E-state index in [1.807, 2.05) is 0 Å². The zero-order valence-corrected chi connectivity index (χ0v) is 15.9. The molecule has 3 rings (SSSR count). The van der Waals surface area contributed by atoms with Crippen molar-refractivity contribution < 1.29 is 26.3 Å². The third kappa shape index (κ3) is 4.36. The quantitative estimate of drug-likeness (QED) is 0.544. The van der Waals surface area contributed by atoms with E-state index in [1.165, 1.54) is 12.1 Å². The minimum absolute atomic E-state index is 0.170. The second-order valence-electron chi connectivity index (χ2n) is 8.24. The van der Waals surface area contributed by atoms with Crippen LogP contribution in [-0.2, 0) is 16.1 Å². The van der Waals surface area contributed by atoms with Gasteiger partial charge in [0, 0.05) is 17.6 Å². The molecular weight excluding hydrogens is 365 g/mol. The minimum Gasteiger partial charge on any atom is -0.481 e. The highest BCUT2D eigenvalue weighted by atomic mass is 32.4. The fourth-order valence-corrected chi connectivity index (χ4v) is 5.45. The largest absolute Gasteiger partial charge is 0.481 e. The summed E-state index contributed by atoms with van der Waals surface area (Å²) < 4.78 is 47.0. The first-order chi connectivity index (χ1) is 12.0. The summed E-state index contributed by atoms with van der Waals surface area (Å²) in [6, 6.07) is 5.50. The monoisotopic (exact) mass is 392 g/mol. The van der Waals surface area contributed by atoms with Crippen molar-refractivity contribution in [3.8, 4) is 0 Å². The maximum Gasteiger partial charge on any atom is 0.303 e. The fraction of sp³-hybridized carbons (Fsp3) is 0.632. The number of halogens is 3. The van der Waals surface area contributed by atoms with Crippen molar-refractivity contribution in [2.24, 2.45) is 5.41 Å². The lowest BCUT2D eigenvalue weighted by molar-refractivity contribution is -0.137. The zero-order chi connectivity index (χ0) is 19.1. The molecule has 0 spiro atoms. The van der Waals surface area contributed by atoms with Gasteiger partial charge < -0.3 is 9.84 Å². The first kappa shape index (κ1) is 19.5. The molecule has 0 amide bonds. The summed E-state index contributed by atoms with van der Waals surface area (Å²) >= 11 is 0. The number of benzene rings is 1. The van der Waals surface area contributed by atoms with Crippen molar-refractivity contribution in [3.05, 3.63) is 29.8 Å². The third-order valence-corrected chi connectivity index (χ3v) is 7.40. The maximum atomic E-state index is 13.6. The molecule has 148 valence electrons. The second kappa shape index (κ2) is 6.44. The predicted molar refractivity (Wildman–Crippen MR) is 97.5 cm³/mol. The van der Waals surface area contributed by atoms with Gasteiger partial charge in [0.1, 0.15) is 0 Å². The highest BCUT2D eigenvalue weighted by Gasteiger charge is 2.54. The summed E-state index contributed by atoms with van der Waals surface area (Å²) in [7, 11) is -6.25. The summed E-state index contributed by atoms with van der Waals surface area (Å²) in [5, 5.41) is 8.81. The molecule has 2 aliphatic carbocycles. The number of fused-ring (bicyclic) bond motifs is 2. The molecule has 2 saturated carbocycles. The zero-order valence-electron chi connectivity index (χ0n) is 15.0. The molecule has 2 fully saturated rings. The van der Waals surface area contributed by atoms with E-state index in [1.54, 1.807) is 6.07 Å². The van der Waals surface area contributed by atoms with Gasteiger partial charge in [-0.25, -0.2) is 0 Å². The van der Waals surface area contributed by atoms with Crippen LogP contribution in [0.3, 0.4) is 0 Å². The van der Waals surface area contributed by atoms with Crippen LogP contribution in [0.4, 0.5) is 11.7 Å². The number of rotatable bonds is 8. The topological polar surface area (TPSA) is 46.5 Å². The molecule has 7 heteroatoms. The molecule has 0 aromatic heterocycles. The number of hydrogen-bond donors (Lipinski definition) is 2. The molecule has 0 radical (unpaired) electrons. The SMILES string of the molecule is C[SH](F)(F)(F)c1cccc(COC23CCC(CCCC(=O)O)(CC2)C3)c1. The van der Waals surface area contributed by atoms with Crippen molar-refractivity contribution in [2.45, 2.75) is 68.5 Å². The molecule has 0 atom stereocenters. The molecule has 1 N–H and O–H groups in total. The first-order valence-electron chi connectivity index (χ1n) is 9.10. The van der Waals surface area contributed by atoms with Crippen LogP contribution in [0.25, 0.3) is 0 Å². The molecule has 0 unspecified atom stereocenters. The lowest BCUT2D eigenvalue weighted by Gasteiger charge is -2.34. The number of thiol groups is 1. The normalized spacial score (nSPS) is 29.5. The Hall–Kier alpha value is -1.21. The maximum absolute atomic E-state index is 13.6. The van der Waals surface area contributed by atoms with Gasteiger partial charge in [-0.3, -0.25) is 4.79 Å². The standard InChI is InChI=1S/C19H27F3O3S/c1-26(20,21,22)16-5-2-4-15(12-16)13-25-19-10-8-18(14-19,9-11-19)7-3-6-17(23)24/h2,4-5,12,26H,3,6-11,13-14H2,1H3,(H,23,24). The van der Waals surface area contributed by atoms with E-state index < -0.39 is 21.2 Å². The molecule has 3 nitrogen and oxygen atoms in total. The van der Waals surface area contributed by atoms with Crippen molar-refractivity contribution in [3.63, 3.8) is 0 Å². The summed E-state index contributed by atoms with van der Waals surface area (Å²) in [5.41, 5.74) is 0.498. The molecule has 2 bridgehead atoms.